The lowest BCUT2D eigenvalue weighted by atomic mass is 10.00. The summed E-state index contributed by atoms with van der Waals surface area (Å²) in [4.78, 5) is 12.2. The summed E-state index contributed by atoms with van der Waals surface area (Å²) >= 11 is 3.47. The number of benzene rings is 1. The van der Waals surface area contributed by atoms with Gasteiger partial charge in [-0.15, -0.1) is 0 Å². The molecule has 0 aliphatic heterocycles. The van der Waals surface area contributed by atoms with Crippen molar-refractivity contribution in [2.75, 3.05) is 5.33 Å². The second-order valence-electron chi connectivity index (χ2n) is 5.34. The van der Waals surface area contributed by atoms with E-state index in [1.54, 1.807) is 0 Å². The smallest absolute Gasteiger partial charge is 0.251 e. The average Bonchev–Trinajstić information content (AvgIpc) is 2.85. The lowest BCUT2D eigenvalue weighted by Crippen LogP contribution is -2.46. The predicted molar refractivity (Wildman–Crippen MR) is 78.4 cm³/mol. The number of carbonyl (C=O) groups is 1. The zero-order chi connectivity index (χ0) is 13.2. The molecule has 0 saturated carbocycles. The van der Waals surface area contributed by atoms with Crippen molar-refractivity contribution in [2.24, 2.45) is 0 Å². The number of carbonyl (C=O) groups excluding carboxylic acids is 1. The summed E-state index contributed by atoms with van der Waals surface area (Å²) in [5.74, 6) is 0.0356. The summed E-state index contributed by atoms with van der Waals surface area (Å²) in [5, 5.41) is 3.89. The maximum absolute atomic E-state index is 12.2. The highest BCUT2D eigenvalue weighted by Gasteiger charge is 2.24. The Kier molecular flexibility index (Phi) is 4.10. The number of alkyl halides is 1. The Morgan fingerprint density at radius 3 is 2.78 bits per heavy atom. The van der Waals surface area contributed by atoms with Crippen molar-refractivity contribution >= 4 is 21.8 Å². The van der Waals surface area contributed by atoms with Gasteiger partial charge in [-0.2, -0.15) is 0 Å². The minimum atomic E-state index is -0.171. The number of hydrogen-bond acceptors (Lipinski definition) is 1. The van der Waals surface area contributed by atoms with Crippen LogP contribution in [0.5, 0.6) is 0 Å². The highest BCUT2D eigenvalue weighted by molar-refractivity contribution is 9.09. The van der Waals surface area contributed by atoms with E-state index >= 15 is 0 Å². The molecule has 18 heavy (non-hydrogen) atoms. The Bertz CT molecular complexity index is 452. The molecule has 0 fully saturated rings. The molecule has 3 heteroatoms. The van der Waals surface area contributed by atoms with Gasteiger partial charge in [0.1, 0.15) is 0 Å². The molecule has 0 heterocycles. The van der Waals surface area contributed by atoms with E-state index in [4.69, 9.17) is 0 Å². The fraction of sp³-hybridized carbons (Fsp3) is 0.533. The standard InChI is InChI=1S/C15H20BrNO/c1-3-15(2,10-16)17-14(18)13-8-7-11-5-4-6-12(11)9-13/h7-9H,3-6,10H2,1-2H3,(H,17,18). The first-order chi connectivity index (χ1) is 8.58. The Morgan fingerprint density at radius 2 is 2.11 bits per heavy atom. The van der Waals surface area contributed by atoms with Gasteiger partial charge in [0.2, 0.25) is 0 Å². The van der Waals surface area contributed by atoms with Gasteiger partial charge in [-0.25, -0.2) is 0 Å². The van der Waals surface area contributed by atoms with E-state index in [1.807, 2.05) is 6.07 Å². The summed E-state index contributed by atoms with van der Waals surface area (Å²) in [6.45, 7) is 4.15. The van der Waals surface area contributed by atoms with E-state index in [-0.39, 0.29) is 11.4 Å². The maximum atomic E-state index is 12.2. The number of halogens is 1. The predicted octanol–water partition coefficient (Wildman–Crippen LogP) is 3.47. The summed E-state index contributed by atoms with van der Waals surface area (Å²) in [5.41, 5.74) is 3.37. The second kappa shape index (κ2) is 5.43. The number of hydrogen-bond donors (Lipinski definition) is 1. The molecular weight excluding hydrogens is 290 g/mol. The normalized spacial score (nSPS) is 17.1. The largest absolute Gasteiger partial charge is 0.346 e. The van der Waals surface area contributed by atoms with E-state index in [1.165, 1.54) is 17.5 Å². The molecule has 0 bridgehead atoms. The molecule has 1 aromatic rings. The van der Waals surface area contributed by atoms with Crippen LogP contribution in [0.4, 0.5) is 0 Å². The van der Waals surface area contributed by atoms with Crippen molar-refractivity contribution < 1.29 is 4.79 Å². The van der Waals surface area contributed by atoms with Gasteiger partial charge in [0.25, 0.3) is 5.91 Å². The van der Waals surface area contributed by atoms with Crippen LogP contribution in [0, 0.1) is 0 Å². The number of aryl methyl sites for hydroxylation is 2. The third-order valence-electron chi connectivity index (χ3n) is 3.85. The molecule has 0 spiro atoms. The molecule has 98 valence electrons. The molecule has 1 amide bonds. The second-order valence-corrected chi connectivity index (χ2v) is 5.90. The van der Waals surface area contributed by atoms with E-state index in [2.05, 4.69) is 47.2 Å². The molecule has 0 radical (unpaired) electrons. The molecule has 1 atom stereocenters. The fourth-order valence-electron chi connectivity index (χ4n) is 2.28. The van der Waals surface area contributed by atoms with Gasteiger partial charge in [0.15, 0.2) is 0 Å². The van der Waals surface area contributed by atoms with Crippen molar-refractivity contribution in [3.63, 3.8) is 0 Å². The summed E-state index contributed by atoms with van der Waals surface area (Å²) in [6.07, 6.45) is 4.40. The van der Waals surface area contributed by atoms with Crippen LogP contribution in [-0.2, 0) is 12.8 Å². The maximum Gasteiger partial charge on any atom is 0.251 e. The molecule has 1 unspecified atom stereocenters. The lowest BCUT2D eigenvalue weighted by molar-refractivity contribution is 0.0913. The zero-order valence-corrected chi connectivity index (χ0v) is 12.6. The summed E-state index contributed by atoms with van der Waals surface area (Å²) < 4.78 is 0. The SMILES string of the molecule is CCC(C)(CBr)NC(=O)c1ccc2c(c1)CCC2. The molecule has 1 aliphatic rings. The van der Waals surface area contributed by atoms with Crippen LogP contribution in [0.25, 0.3) is 0 Å². The van der Waals surface area contributed by atoms with Gasteiger partial charge in [-0.05, 0) is 55.9 Å². The third kappa shape index (κ3) is 2.77. The minimum Gasteiger partial charge on any atom is -0.346 e. The minimum absolute atomic E-state index is 0.0356. The first kappa shape index (κ1) is 13.6. The highest BCUT2D eigenvalue weighted by atomic mass is 79.9. The molecule has 2 nitrogen and oxygen atoms in total. The van der Waals surface area contributed by atoms with E-state index in [9.17, 15) is 4.79 Å². The monoisotopic (exact) mass is 309 g/mol. The average molecular weight is 310 g/mol. The van der Waals surface area contributed by atoms with E-state index in [0.717, 1.165) is 30.2 Å². The molecule has 1 aromatic carbocycles. The topological polar surface area (TPSA) is 29.1 Å². The van der Waals surface area contributed by atoms with Crippen LogP contribution < -0.4 is 5.32 Å². The summed E-state index contributed by atoms with van der Waals surface area (Å²) in [6, 6.07) is 6.11. The summed E-state index contributed by atoms with van der Waals surface area (Å²) in [7, 11) is 0. The fourth-order valence-corrected chi connectivity index (χ4v) is 2.81. The van der Waals surface area contributed by atoms with Crippen molar-refractivity contribution in [1.82, 2.24) is 5.32 Å². The number of fused-ring (bicyclic) bond motifs is 1. The van der Waals surface area contributed by atoms with Gasteiger partial charge in [0.05, 0.1) is 0 Å². The molecule has 0 aromatic heterocycles. The Hall–Kier alpha value is -0.830. The molecule has 0 saturated heterocycles. The van der Waals surface area contributed by atoms with Gasteiger partial charge >= 0.3 is 0 Å². The number of rotatable bonds is 4. The first-order valence-electron chi connectivity index (χ1n) is 6.58. The van der Waals surface area contributed by atoms with Crippen molar-refractivity contribution in [3.05, 3.63) is 34.9 Å². The van der Waals surface area contributed by atoms with Gasteiger partial charge in [-0.3, -0.25) is 4.79 Å². The van der Waals surface area contributed by atoms with Gasteiger partial charge in [-0.1, -0.05) is 28.9 Å². The highest BCUT2D eigenvalue weighted by Crippen LogP contribution is 2.23. The Balaban J connectivity index is 2.14. The van der Waals surface area contributed by atoms with Crippen LogP contribution in [0.1, 0.15) is 48.2 Å². The molecular formula is C15H20BrNO. The van der Waals surface area contributed by atoms with Crippen LogP contribution in [-0.4, -0.2) is 16.8 Å². The van der Waals surface area contributed by atoms with Gasteiger partial charge < -0.3 is 5.32 Å². The van der Waals surface area contributed by atoms with Crippen LogP contribution >= 0.6 is 15.9 Å². The first-order valence-corrected chi connectivity index (χ1v) is 7.70. The van der Waals surface area contributed by atoms with Gasteiger partial charge in [0, 0.05) is 16.4 Å². The number of amides is 1. The van der Waals surface area contributed by atoms with Crippen molar-refractivity contribution in [3.8, 4) is 0 Å². The lowest BCUT2D eigenvalue weighted by Gasteiger charge is -2.27. The third-order valence-corrected chi connectivity index (χ3v) is 5.09. The quantitative estimate of drug-likeness (QED) is 0.848. The van der Waals surface area contributed by atoms with E-state index < -0.39 is 0 Å². The van der Waals surface area contributed by atoms with Crippen molar-refractivity contribution in [1.29, 1.82) is 0 Å². The molecule has 1 aliphatic carbocycles. The Labute approximate surface area is 117 Å². The van der Waals surface area contributed by atoms with Crippen molar-refractivity contribution in [2.45, 2.75) is 45.1 Å². The van der Waals surface area contributed by atoms with Crippen LogP contribution in [0.2, 0.25) is 0 Å². The van der Waals surface area contributed by atoms with E-state index in [0.29, 0.717) is 0 Å². The van der Waals surface area contributed by atoms with Crippen LogP contribution in [0.3, 0.4) is 0 Å². The molecule has 2 rings (SSSR count). The van der Waals surface area contributed by atoms with Crippen LogP contribution in [0.15, 0.2) is 18.2 Å². The Morgan fingerprint density at radius 1 is 1.39 bits per heavy atom. The molecule has 1 N–H and O–H groups in total. The number of nitrogens with one attached hydrogen (secondary N) is 1. The zero-order valence-electron chi connectivity index (χ0n) is 11.1.